The average Bonchev–Trinajstić information content (AvgIpc) is 2.54. The molecular weight excluding hydrogens is 312 g/mol. The zero-order valence-corrected chi connectivity index (χ0v) is 12.4. The van der Waals surface area contributed by atoms with E-state index in [1.807, 2.05) is 72.8 Å². The van der Waals surface area contributed by atoms with Crippen LogP contribution in [-0.2, 0) is 0 Å². The van der Waals surface area contributed by atoms with Crippen molar-refractivity contribution in [1.29, 1.82) is 0 Å². The van der Waals surface area contributed by atoms with Gasteiger partial charge in [0.2, 0.25) is 0 Å². The summed E-state index contributed by atoms with van der Waals surface area (Å²) in [6.45, 7) is 0. The highest BCUT2D eigenvalue weighted by Crippen LogP contribution is 2.30. The Balaban J connectivity index is 2.05. The fourth-order valence-electron chi connectivity index (χ4n) is 2.35. The first-order valence-electron chi connectivity index (χ1n) is 6.48. The average molecular weight is 325 g/mol. The Labute approximate surface area is 126 Å². The molecule has 0 amide bonds. The van der Waals surface area contributed by atoms with Crippen molar-refractivity contribution < 1.29 is 4.79 Å². The van der Waals surface area contributed by atoms with Crippen molar-refractivity contribution in [3.8, 4) is 0 Å². The summed E-state index contributed by atoms with van der Waals surface area (Å²) < 4.78 is 0. The number of alkyl halides is 1. The lowest BCUT2D eigenvalue weighted by Gasteiger charge is -2.11. The van der Waals surface area contributed by atoms with Crippen LogP contribution in [0.5, 0.6) is 0 Å². The zero-order valence-electron chi connectivity index (χ0n) is 10.8. The van der Waals surface area contributed by atoms with Crippen LogP contribution in [0, 0.1) is 0 Å². The van der Waals surface area contributed by atoms with Crippen molar-refractivity contribution in [1.82, 2.24) is 0 Å². The molecule has 20 heavy (non-hydrogen) atoms. The molecule has 0 radical (unpaired) electrons. The Morgan fingerprint density at radius 3 is 2.25 bits per heavy atom. The Bertz CT molecular complexity index is 744. The van der Waals surface area contributed by atoms with Crippen molar-refractivity contribution in [2.75, 3.05) is 0 Å². The molecule has 0 saturated carbocycles. The Kier molecular flexibility index (Phi) is 3.66. The molecule has 2 heteroatoms. The monoisotopic (exact) mass is 324 g/mol. The molecule has 1 nitrogen and oxygen atoms in total. The van der Waals surface area contributed by atoms with Gasteiger partial charge in [0.15, 0.2) is 5.78 Å². The lowest BCUT2D eigenvalue weighted by molar-refractivity contribution is 0.0993. The number of fused-ring (bicyclic) bond motifs is 1. The van der Waals surface area contributed by atoms with Gasteiger partial charge < -0.3 is 0 Å². The Morgan fingerprint density at radius 1 is 0.800 bits per heavy atom. The minimum atomic E-state index is -0.311. The van der Waals surface area contributed by atoms with Crippen molar-refractivity contribution in [2.45, 2.75) is 4.83 Å². The van der Waals surface area contributed by atoms with E-state index in [4.69, 9.17) is 0 Å². The van der Waals surface area contributed by atoms with E-state index in [0.29, 0.717) is 0 Å². The summed E-state index contributed by atoms with van der Waals surface area (Å²) >= 11 is 3.52. The molecular formula is C18H13BrO. The summed E-state index contributed by atoms with van der Waals surface area (Å²) in [4.78, 5) is 12.4. The number of hydrogen-bond donors (Lipinski definition) is 0. The molecule has 0 heterocycles. The summed E-state index contributed by atoms with van der Waals surface area (Å²) in [5.74, 6) is 0.0907. The normalized spacial score (nSPS) is 12.2. The lowest BCUT2D eigenvalue weighted by Crippen LogP contribution is -2.07. The van der Waals surface area contributed by atoms with Crippen molar-refractivity contribution >= 4 is 32.5 Å². The third-order valence-electron chi connectivity index (χ3n) is 3.38. The van der Waals surface area contributed by atoms with Crippen LogP contribution in [0.2, 0.25) is 0 Å². The van der Waals surface area contributed by atoms with E-state index in [0.717, 1.165) is 21.9 Å². The predicted octanol–water partition coefficient (Wildman–Crippen LogP) is 5.16. The van der Waals surface area contributed by atoms with Crippen LogP contribution in [0.25, 0.3) is 10.8 Å². The van der Waals surface area contributed by atoms with Gasteiger partial charge in [-0.05, 0) is 16.3 Å². The lowest BCUT2D eigenvalue weighted by atomic mass is 9.97. The molecule has 0 saturated heterocycles. The van der Waals surface area contributed by atoms with Crippen molar-refractivity contribution in [3.63, 3.8) is 0 Å². The van der Waals surface area contributed by atoms with E-state index < -0.39 is 0 Å². The van der Waals surface area contributed by atoms with Crippen LogP contribution in [0.15, 0.2) is 72.8 Å². The van der Waals surface area contributed by atoms with Gasteiger partial charge in [0.1, 0.15) is 4.83 Å². The minimum Gasteiger partial charge on any atom is -0.293 e. The van der Waals surface area contributed by atoms with Crippen LogP contribution in [-0.4, -0.2) is 5.78 Å². The second-order valence-electron chi connectivity index (χ2n) is 4.66. The van der Waals surface area contributed by atoms with Gasteiger partial charge in [0.25, 0.3) is 0 Å². The summed E-state index contributed by atoms with van der Waals surface area (Å²) in [5.41, 5.74) is 1.74. The van der Waals surface area contributed by atoms with Crippen LogP contribution in [0.1, 0.15) is 20.7 Å². The first-order chi connectivity index (χ1) is 9.77. The third-order valence-corrected chi connectivity index (χ3v) is 4.32. The SMILES string of the molecule is O=C(c1cccc2ccccc12)C(Br)c1ccccc1. The number of ketones is 1. The van der Waals surface area contributed by atoms with E-state index in [1.54, 1.807) is 0 Å². The Hall–Kier alpha value is -1.93. The largest absolute Gasteiger partial charge is 0.293 e. The van der Waals surface area contributed by atoms with Crippen LogP contribution >= 0.6 is 15.9 Å². The van der Waals surface area contributed by atoms with Gasteiger partial charge in [-0.3, -0.25) is 4.79 Å². The molecule has 0 spiro atoms. The number of hydrogen-bond acceptors (Lipinski definition) is 1. The molecule has 3 aromatic carbocycles. The fraction of sp³-hybridized carbons (Fsp3) is 0.0556. The number of carbonyl (C=O) groups excluding carboxylic acids is 1. The number of rotatable bonds is 3. The number of benzene rings is 3. The molecule has 0 N–H and O–H groups in total. The van der Waals surface area contributed by atoms with Crippen LogP contribution in [0.4, 0.5) is 0 Å². The predicted molar refractivity (Wildman–Crippen MR) is 86.4 cm³/mol. The fourth-order valence-corrected chi connectivity index (χ4v) is 2.90. The number of halogens is 1. The molecule has 0 aliphatic rings. The number of Topliss-reactive ketones (excluding diaryl/α,β-unsaturated/α-hetero) is 1. The van der Waals surface area contributed by atoms with Crippen LogP contribution < -0.4 is 0 Å². The molecule has 1 unspecified atom stereocenters. The second kappa shape index (κ2) is 5.59. The first kappa shape index (κ1) is 13.1. The maximum absolute atomic E-state index is 12.7. The second-order valence-corrected chi connectivity index (χ2v) is 5.58. The van der Waals surface area contributed by atoms with Gasteiger partial charge in [-0.1, -0.05) is 88.7 Å². The molecule has 0 aliphatic carbocycles. The first-order valence-corrected chi connectivity index (χ1v) is 7.40. The van der Waals surface area contributed by atoms with Gasteiger partial charge in [0, 0.05) is 5.56 Å². The highest BCUT2D eigenvalue weighted by atomic mass is 79.9. The minimum absolute atomic E-state index is 0.0907. The van der Waals surface area contributed by atoms with E-state index in [2.05, 4.69) is 15.9 Å². The van der Waals surface area contributed by atoms with E-state index in [-0.39, 0.29) is 10.6 Å². The molecule has 1 atom stereocenters. The molecule has 0 aliphatic heterocycles. The van der Waals surface area contributed by atoms with Crippen molar-refractivity contribution in [2.24, 2.45) is 0 Å². The van der Waals surface area contributed by atoms with E-state index >= 15 is 0 Å². The highest BCUT2D eigenvalue weighted by Gasteiger charge is 2.20. The summed E-state index contributed by atoms with van der Waals surface area (Å²) in [6, 6.07) is 23.6. The summed E-state index contributed by atoms with van der Waals surface area (Å²) in [6.07, 6.45) is 0. The van der Waals surface area contributed by atoms with Gasteiger partial charge in [-0.25, -0.2) is 0 Å². The number of carbonyl (C=O) groups is 1. The maximum atomic E-state index is 12.7. The van der Waals surface area contributed by atoms with E-state index in [9.17, 15) is 4.79 Å². The van der Waals surface area contributed by atoms with Crippen LogP contribution in [0.3, 0.4) is 0 Å². The van der Waals surface area contributed by atoms with Gasteiger partial charge in [-0.2, -0.15) is 0 Å². The molecule has 0 bridgehead atoms. The molecule has 98 valence electrons. The molecule has 3 aromatic rings. The van der Waals surface area contributed by atoms with Crippen molar-refractivity contribution in [3.05, 3.63) is 83.9 Å². The van der Waals surface area contributed by atoms with Gasteiger partial charge >= 0.3 is 0 Å². The quantitative estimate of drug-likeness (QED) is 0.480. The maximum Gasteiger partial charge on any atom is 0.181 e. The summed E-state index contributed by atoms with van der Waals surface area (Å²) in [7, 11) is 0. The molecule has 0 aromatic heterocycles. The molecule has 3 rings (SSSR count). The highest BCUT2D eigenvalue weighted by molar-refractivity contribution is 9.09. The zero-order chi connectivity index (χ0) is 13.9. The summed E-state index contributed by atoms with van der Waals surface area (Å²) in [5, 5.41) is 2.09. The van der Waals surface area contributed by atoms with Gasteiger partial charge in [0.05, 0.1) is 0 Å². The standard InChI is InChI=1S/C18H13BrO/c19-17(14-8-2-1-3-9-14)18(20)16-12-6-10-13-7-4-5-11-15(13)16/h1-12,17H. The Morgan fingerprint density at radius 2 is 1.45 bits per heavy atom. The smallest absolute Gasteiger partial charge is 0.181 e. The topological polar surface area (TPSA) is 17.1 Å². The van der Waals surface area contributed by atoms with Gasteiger partial charge in [-0.15, -0.1) is 0 Å². The third kappa shape index (κ3) is 2.39. The molecule has 0 fully saturated rings. The van der Waals surface area contributed by atoms with E-state index in [1.165, 1.54) is 0 Å².